The second kappa shape index (κ2) is 56.0. The van der Waals surface area contributed by atoms with Crippen molar-refractivity contribution >= 4 is 11.9 Å². The first-order valence-electron chi connectivity index (χ1n) is 30.2. The minimum atomic E-state index is -0.791. The molecule has 1 amide bonds. The van der Waals surface area contributed by atoms with Gasteiger partial charge in [0.15, 0.2) is 0 Å². The molecule has 0 saturated carbocycles. The zero-order chi connectivity index (χ0) is 49.5. The van der Waals surface area contributed by atoms with Gasteiger partial charge in [-0.25, -0.2) is 0 Å². The van der Waals surface area contributed by atoms with Gasteiger partial charge >= 0.3 is 5.97 Å². The Kier molecular flexibility index (Phi) is 54.4. The Hall–Kier alpha value is -1.92. The second-order valence-corrected chi connectivity index (χ2v) is 20.7. The molecule has 6 heteroatoms. The van der Waals surface area contributed by atoms with E-state index in [-0.39, 0.29) is 24.9 Å². The first kappa shape index (κ1) is 66.1. The monoisotopic (exact) mass is 956 g/mol. The Morgan fingerprint density at radius 1 is 0.426 bits per heavy atom. The van der Waals surface area contributed by atoms with Crippen molar-refractivity contribution in [3.05, 3.63) is 36.5 Å². The number of aliphatic hydroxyl groups is 2. The molecule has 0 aliphatic carbocycles. The first-order chi connectivity index (χ1) is 33.5. The van der Waals surface area contributed by atoms with Gasteiger partial charge in [0, 0.05) is 6.42 Å². The van der Waals surface area contributed by atoms with E-state index in [1.165, 1.54) is 205 Å². The number of allylic oxidation sites excluding steroid dienone is 6. The zero-order valence-corrected chi connectivity index (χ0v) is 45.8. The van der Waals surface area contributed by atoms with Crippen LogP contribution in [-0.2, 0) is 14.3 Å². The molecule has 0 saturated heterocycles. The van der Waals surface area contributed by atoms with E-state index in [1.807, 2.05) is 0 Å². The normalized spacial score (nSPS) is 13.3. The van der Waals surface area contributed by atoms with E-state index in [0.29, 0.717) is 19.3 Å². The molecule has 400 valence electrons. The van der Waals surface area contributed by atoms with E-state index >= 15 is 0 Å². The molecule has 0 aliphatic heterocycles. The van der Waals surface area contributed by atoms with Gasteiger partial charge in [-0.3, -0.25) is 9.59 Å². The quantitative estimate of drug-likeness (QED) is 0.0321. The van der Waals surface area contributed by atoms with Gasteiger partial charge in [-0.2, -0.15) is 0 Å². The maximum atomic E-state index is 13.3. The molecule has 0 aliphatic rings. The van der Waals surface area contributed by atoms with Crippen LogP contribution in [0.5, 0.6) is 0 Å². The van der Waals surface area contributed by atoms with Gasteiger partial charge in [0.05, 0.1) is 25.2 Å². The lowest BCUT2D eigenvalue weighted by Crippen LogP contribution is -2.46. The van der Waals surface area contributed by atoms with Crippen LogP contribution < -0.4 is 5.32 Å². The van der Waals surface area contributed by atoms with Gasteiger partial charge < -0.3 is 20.3 Å². The number of unbranched alkanes of at least 4 members (excludes halogenated alkanes) is 37. The smallest absolute Gasteiger partial charge is 0.306 e. The minimum Gasteiger partial charge on any atom is -0.462 e. The summed E-state index contributed by atoms with van der Waals surface area (Å²) in [5.41, 5.74) is 0. The molecule has 0 radical (unpaired) electrons. The van der Waals surface area contributed by atoms with Crippen molar-refractivity contribution in [1.29, 1.82) is 0 Å². The average molecular weight is 957 g/mol. The molecule has 0 fully saturated rings. The molecule has 0 rings (SSSR count). The number of amides is 1. The summed E-state index contributed by atoms with van der Waals surface area (Å²) in [5.74, 6) is -0.475. The number of rotatable bonds is 55. The Morgan fingerprint density at radius 3 is 1.16 bits per heavy atom. The van der Waals surface area contributed by atoms with Crippen molar-refractivity contribution in [2.75, 3.05) is 6.61 Å². The number of aliphatic hydroxyl groups excluding tert-OH is 2. The molecule has 0 spiro atoms. The van der Waals surface area contributed by atoms with Crippen molar-refractivity contribution in [3.8, 4) is 0 Å². The van der Waals surface area contributed by atoms with Crippen LogP contribution in [0.25, 0.3) is 0 Å². The van der Waals surface area contributed by atoms with Crippen molar-refractivity contribution < 1.29 is 24.5 Å². The van der Waals surface area contributed by atoms with Crippen LogP contribution in [0.4, 0.5) is 0 Å². The molecule has 3 unspecified atom stereocenters. The maximum Gasteiger partial charge on any atom is 0.306 e. The summed E-state index contributed by atoms with van der Waals surface area (Å²) < 4.78 is 5.97. The first-order valence-corrected chi connectivity index (χ1v) is 30.2. The van der Waals surface area contributed by atoms with Crippen LogP contribution in [0.1, 0.15) is 323 Å². The number of carbonyl (C=O) groups is 2. The van der Waals surface area contributed by atoms with E-state index in [9.17, 15) is 19.8 Å². The van der Waals surface area contributed by atoms with Crippen LogP contribution in [-0.4, -0.2) is 46.9 Å². The number of esters is 1. The van der Waals surface area contributed by atoms with Crippen molar-refractivity contribution in [1.82, 2.24) is 5.32 Å². The topological polar surface area (TPSA) is 95.9 Å². The number of carbonyl (C=O) groups excluding carboxylic acids is 2. The van der Waals surface area contributed by atoms with Gasteiger partial charge in [0.2, 0.25) is 5.91 Å². The van der Waals surface area contributed by atoms with E-state index in [0.717, 1.165) is 70.6 Å². The van der Waals surface area contributed by atoms with Gasteiger partial charge in [-0.1, -0.05) is 263 Å². The lowest BCUT2D eigenvalue weighted by Gasteiger charge is -2.24. The van der Waals surface area contributed by atoms with Crippen molar-refractivity contribution in [3.63, 3.8) is 0 Å². The maximum absolute atomic E-state index is 13.3. The van der Waals surface area contributed by atoms with E-state index < -0.39 is 18.2 Å². The van der Waals surface area contributed by atoms with Crippen molar-refractivity contribution in [2.24, 2.45) is 0 Å². The second-order valence-electron chi connectivity index (χ2n) is 20.7. The number of ether oxygens (including phenoxy) is 1. The summed E-state index contributed by atoms with van der Waals surface area (Å²) in [6.07, 6.45) is 67.8. The minimum absolute atomic E-state index is 0.0720. The van der Waals surface area contributed by atoms with Crippen LogP contribution in [0.3, 0.4) is 0 Å². The molecule has 0 aromatic rings. The predicted octanol–water partition coefficient (Wildman–Crippen LogP) is 18.8. The standard InChI is InChI=1S/C62H117NO5/c1-4-7-10-13-16-19-22-25-28-30-32-34-37-40-43-46-49-52-55-62(67)68-58(53-50-47-44-41-38-35-33-31-29-26-23-20-17-14-11-8-5-2)56-61(66)63-59(57-64)60(65)54-51-48-45-42-39-36-27-24-21-18-15-12-9-6-3/h17,20,26,29,32,34,58-60,64-65H,4-16,18-19,21-25,27-28,30-31,33,35-57H2,1-3H3,(H,63,66)/b20-17-,29-26-,34-32+. The SMILES string of the molecule is CCCCC/C=C\C/C=C\CCCCCCCCCC(CC(=O)NC(CO)C(O)CCCCCCCCCCCCCCCC)OC(=O)CCCCCCC/C=C/CCCCCCCCCCC. The summed E-state index contributed by atoms with van der Waals surface area (Å²) in [4.78, 5) is 26.3. The van der Waals surface area contributed by atoms with E-state index in [1.54, 1.807) is 0 Å². The number of hydrogen-bond donors (Lipinski definition) is 3. The molecule has 68 heavy (non-hydrogen) atoms. The molecule has 3 N–H and O–H groups in total. The third kappa shape index (κ3) is 50.5. The highest BCUT2D eigenvalue weighted by Crippen LogP contribution is 2.19. The fraction of sp³-hybridized carbons (Fsp3) is 0.871. The highest BCUT2D eigenvalue weighted by Gasteiger charge is 2.24. The predicted molar refractivity (Wildman–Crippen MR) is 296 cm³/mol. The molecule has 0 heterocycles. The average Bonchev–Trinajstić information content (AvgIpc) is 3.33. The summed E-state index contributed by atoms with van der Waals surface area (Å²) >= 11 is 0. The Labute approximate surface area is 424 Å². The van der Waals surface area contributed by atoms with Crippen LogP contribution in [0.2, 0.25) is 0 Å². The molecular weight excluding hydrogens is 839 g/mol. The fourth-order valence-electron chi connectivity index (χ4n) is 9.34. The fourth-order valence-corrected chi connectivity index (χ4v) is 9.34. The number of hydrogen-bond acceptors (Lipinski definition) is 5. The van der Waals surface area contributed by atoms with Crippen LogP contribution in [0, 0.1) is 0 Å². The lowest BCUT2D eigenvalue weighted by atomic mass is 10.0. The van der Waals surface area contributed by atoms with Crippen LogP contribution in [0.15, 0.2) is 36.5 Å². The van der Waals surface area contributed by atoms with Gasteiger partial charge in [-0.05, 0) is 83.5 Å². The molecule has 0 bridgehead atoms. The lowest BCUT2D eigenvalue weighted by molar-refractivity contribution is -0.151. The Balaban J connectivity index is 4.56. The Bertz CT molecular complexity index is 1120. The Morgan fingerprint density at radius 2 is 0.750 bits per heavy atom. The van der Waals surface area contributed by atoms with Gasteiger partial charge in [0.25, 0.3) is 0 Å². The summed E-state index contributed by atoms with van der Waals surface area (Å²) in [6.45, 7) is 6.49. The molecular formula is C62H117NO5. The van der Waals surface area contributed by atoms with Crippen LogP contribution >= 0.6 is 0 Å². The van der Waals surface area contributed by atoms with E-state index in [4.69, 9.17) is 4.74 Å². The molecule has 6 nitrogen and oxygen atoms in total. The molecule has 0 aromatic carbocycles. The highest BCUT2D eigenvalue weighted by atomic mass is 16.5. The number of nitrogens with one attached hydrogen (secondary N) is 1. The third-order valence-corrected chi connectivity index (χ3v) is 13.9. The molecule has 0 aromatic heterocycles. The van der Waals surface area contributed by atoms with E-state index in [2.05, 4.69) is 62.5 Å². The highest BCUT2D eigenvalue weighted by molar-refractivity contribution is 5.77. The molecule has 3 atom stereocenters. The summed E-state index contributed by atoms with van der Waals surface area (Å²) in [7, 11) is 0. The van der Waals surface area contributed by atoms with Gasteiger partial charge in [-0.15, -0.1) is 0 Å². The summed E-state index contributed by atoms with van der Waals surface area (Å²) in [5, 5.41) is 23.9. The van der Waals surface area contributed by atoms with Gasteiger partial charge in [0.1, 0.15) is 6.10 Å². The largest absolute Gasteiger partial charge is 0.462 e. The zero-order valence-electron chi connectivity index (χ0n) is 45.8. The van der Waals surface area contributed by atoms with Crippen molar-refractivity contribution in [2.45, 2.75) is 341 Å². The summed E-state index contributed by atoms with van der Waals surface area (Å²) in [6, 6.07) is -0.705. The third-order valence-electron chi connectivity index (χ3n) is 13.9.